The van der Waals surface area contributed by atoms with Crippen LogP contribution in [0, 0.1) is 0 Å². The van der Waals surface area contributed by atoms with Gasteiger partial charge in [-0.3, -0.25) is 4.79 Å². The van der Waals surface area contributed by atoms with Crippen LogP contribution in [0.4, 0.5) is 0 Å². The maximum atomic E-state index is 13.1. The number of rotatable bonds is 58. The fourth-order valence-electron chi connectivity index (χ4n) is 10.5. The molecule has 0 aromatic rings. The van der Waals surface area contributed by atoms with Gasteiger partial charge in [0.05, 0.1) is 25.4 Å². The van der Waals surface area contributed by atoms with Crippen LogP contribution >= 0.6 is 0 Å². The molecular formula is C69H127NO8. The van der Waals surface area contributed by atoms with Gasteiger partial charge < -0.3 is 40.3 Å². The summed E-state index contributed by atoms with van der Waals surface area (Å²) in [5.74, 6) is -0.188. The van der Waals surface area contributed by atoms with Gasteiger partial charge >= 0.3 is 0 Å². The molecule has 0 bridgehead atoms. The number of hydrogen-bond acceptors (Lipinski definition) is 8. The van der Waals surface area contributed by atoms with Crippen LogP contribution in [0.3, 0.4) is 0 Å². The van der Waals surface area contributed by atoms with Crippen LogP contribution in [0.2, 0.25) is 0 Å². The third-order valence-corrected chi connectivity index (χ3v) is 15.8. The summed E-state index contributed by atoms with van der Waals surface area (Å²) in [6, 6.07) is -0.831. The predicted molar refractivity (Wildman–Crippen MR) is 332 cm³/mol. The highest BCUT2D eigenvalue weighted by Gasteiger charge is 2.44. The van der Waals surface area contributed by atoms with Gasteiger partial charge in [0.2, 0.25) is 5.91 Å². The van der Waals surface area contributed by atoms with Gasteiger partial charge in [0.15, 0.2) is 6.29 Å². The summed E-state index contributed by atoms with van der Waals surface area (Å²) >= 11 is 0. The Bertz CT molecular complexity index is 1410. The van der Waals surface area contributed by atoms with Gasteiger partial charge in [-0.1, -0.05) is 293 Å². The molecule has 9 nitrogen and oxygen atoms in total. The number of allylic oxidation sites excluding steroid dienone is 9. The van der Waals surface area contributed by atoms with Gasteiger partial charge in [-0.15, -0.1) is 0 Å². The van der Waals surface area contributed by atoms with Crippen molar-refractivity contribution in [3.63, 3.8) is 0 Å². The van der Waals surface area contributed by atoms with E-state index in [0.29, 0.717) is 6.42 Å². The molecule has 456 valence electrons. The molecule has 7 unspecified atom stereocenters. The smallest absolute Gasteiger partial charge is 0.220 e. The maximum absolute atomic E-state index is 13.1. The molecule has 0 aliphatic carbocycles. The van der Waals surface area contributed by atoms with Crippen LogP contribution in [-0.4, -0.2) is 87.5 Å². The Hall–Kier alpha value is -2.11. The maximum Gasteiger partial charge on any atom is 0.220 e. The van der Waals surface area contributed by atoms with Crippen molar-refractivity contribution in [2.45, 2.75) is 358 Å². The minimum Gasteiger partial charge on any atom is -0.394 e. The number of hydrogen-bond donors (Lipinski definition) is 6. The molecule has 0 aromatic carbocycles. The summed E-state index contributed by atoms with van der Waals surface area (Å²) in [4.78, 5) is 13.1. The third-order valence-electron chi connectivity index (χ3n) is 15.8. The Kier molecular flexibility index (Phi) is 55.0. The van der Waals surface area contributed by atoms with E-state index in [1.54, 1.807) is 6.08 Å². The first-order chi connectivity index (χ1) is 38.3. The molecule has 0 spiro atoms. The molecule has 0 radical (unpaired) electrons. The molecule has 0 aromatic heterocycles. The Balaban J connectivity index is 2.18. The van der Waals surface area contributed by atoms with Crippen molar-refractivity contribution in [1.29, 1.82) is 0 Å². The standard InChI is InChI=1S/C69H127NO8/c1-3-5-7-9-11-13-15-17-19-21-23-25-27-29-30-31-32-33-34-35-37-39-41-43-45-47-49-51-53-55-57-59-65(73)70-62(61-77-69-68(76)67(75)66(74)64(60-71)78-69)63(72)58-56-54-52-50-48-46-44-42-40-38-36-28-26-24-22-20-18-16-14-12-10-8-6-4-2/h23,25,29-30,40,42,48,50,56,58,62-64,66-69,71-72,74-76H,3-22,24,26-28,31-39,41,43-47,49,51-55,57,59-61H2,1-2H3,(H,70,73)/b25-23-,30-29-,42-40+,50-48+,58-56+. The second kappa shape index (κ2) is 58.1. The number of carbonyl (C=O) groups excluding carboxylic acids is 1. The molecular weight excluding hydrogens is 971 g/mol. The first kappa shape index (κ1) is 73.9. The van der Waals surface area contributed by atoms with Crippen molar-refractivity contribution in [2.24, 2.45) is 0 Å². The second-order valence-corrected chi connectivity index (χ2v) is 23.2. The molecule has 1 aliphatic rings. The van der Waals surface area contributed by atoms with Gasteiger partial charge in [0, 0.05) is 6.42 Å². The fraction of sp³-hybridized carbons (Fsp3) is 0.841. The Morgan fingerprint density at radius 1 is 0.436 bits per heavy atom. The molecule has 1 amide bonds. The molecule has 1 aliphatic heterocycles. The highest BCUT2D eigenvalue weighted by atomic mass is 16.7. The Morgan fingerprint density at radius 2 is 0.769 bits per heavy atom. The molecule has 6 N–H and O–H groups in total. The quantitative estimate of drug-likeness (QED) is 0.0261. The SMILES string of the molecule is CCCCCCCCCCC/C=C\C/C=C\CCCCCCCCCCCCCCCCCC(=O)NC(COC1OC(CO)C(O)C(O)C1O)C(O)/C=C/CC/C=C/CC/C=C/CCCCCCCCCCCCCCCC. The van der Waals surface area contributed by atoms with Crippen molar-refractivity contribution in [2.75, 3.05) is 13.2 Å². The van der Waals surface area contributed by atoms with Crippen LogP contribution in [0.25, 0.3) is 0 Å². The van der Waals surface area contributed by atoms with Crippen molar-refractivity contribution in [1.82, 2.24) is 5.32 Å². The highest BCUT2D eigenvalue weighted by molar-refractivity contribution is 5.76. The number of amides is 1. The lowest BCUT2D eigenvalue weighted by Crippen LogP contribution is -2.60. The Morgan fingerprint density at radius 3 is 1.15 bits per heavy atom. The van der Waals surface area contributed by atoms with Crippen LogP contribution in [0.1, 0.15) is 316 Å². The lowest BCUT2D eigenvalue weighted by Gasteiger charge is -2.40. The van der Waals surface area contributed by atoms with Crippen molar-refractivity contribution >= 4 is 5.91 Å². The largest absolute Gasteiger partial charge is 0.394 e. The van der Waals surface area contributed by atoms with Gasteiger partial charge in [0.25, 0.3) is 0 Å². The minimum atomic E-state index is -1.58. The van der Waals surface area contributed by atoms with Crippen LogP contribution in [-0.2, 0) is 14.3 Å². The predicted octanol–water partition coefficient (Wildman–Crippen LogP) is 17.8. The number of nitrogens with one attached hydrogen (secondary N) is 1. The van der Waals surface area contributed by atoms with Gasteiger partial charge in [-0.2, -0.15) is 0 Å². The summed E-state index contributed by atoms with van der Waals surface area (Å²) < 4.78 is 11.3. The van der Waals surface area contributed by atoms with E-state index in [4.69, 9.17) is 9.47 Å². The number of unbranched alkanes of at least 4 members (excludes halogenated alkanes) is 40. The third kappa shape index (κ3) is 46.5. The van der Waals surface area contributed by atoms with Gasteiger partial charge in [-0.25, -0.2) is 0 Å². The van der Waals surface area contributed by atoms with Gasteiger partial charge in [0.1, 0.15) is 24.4 Å². The van der Waals surface area contributed by atoms with E-state index >= 15 is 0 Å². The van der Waals surface area contributed by atoms with E-state index in [1.165, 1.54) is 244 Å². The zero-order chi connectivity index (χ0) is 56.5. The van der Waals surface area contributed by atoms with Crippen molar-refractivity contribution in [3.8, 4) is 0 Å². The number of aliphatic hydroxyl groups excluding tert-OH is 5. The second-order valence-electron chi connectivity index (χ2n) is 23.2. The lowest BCUT2D eigenvalue weighted by atomic mass is 9.99. The average Bonchev–Trinajstić information content (AvgIpc) is 3.45. The first-order valence-corrected chi connectivity index (χ1v) is 33.5. The van der Waals surface area contributed by atoms with E-state index in [-0.39, 0.29) is 12.5 Å². The molecule has 9 heteroatoms. The summed E-state index contributed by atoms with van der Waals surface area (Å²) in [5.41, 5.74) is 0. The summed E-state index contributed by atoms with van der Waals surface area (Å²) in [7, 11) is 0. The Labute approximate surface area is 481 Å². The average molecular weight is 1100 g/mol. The van der Waals surface area contributed by atoms with Crippen molar-refractivity contribution < 1.29 is 39.8 Å². The minimum absolute atomic E-state index is 0.188. The van der Waals surface area contributed by atoms with E-state index in [0.717, 1.165) is 51.4 Å². The van der Waals surface area contributed by atoms with E-state index in [9.17, 15) is 30.3 Å². The number of carbonyl (C=O) groups is 1. The molecule has 1 rings (SSSR count). The lowest BCUT2D eigenvalue weighted by molar-refractivity contribution is -0.302. The van der Waals surface area contributed by atoms with Gasteiger partial charge in [-0.05, 0) is 77.0 Å². The zero-order valence-electron chi connectivity index (χ0n) is 50.9. The summed E-state index contributed by atoms with van der Waals surface area (Å²) in [5, 5.41) is 54.7. The van der Waals surface area contributed by atoms with Crippen LogP contribution in [0.15, 0.2) is 60.8 Å². The molecule has 7 atom stereocenters. The van der Waals surface area contributed by atoms with Crippen molar-refractivity contribution in [3.05, 3.63) is 60.8 Å². The monoisotopic (exact) mass is 1100 g/mol. The molecule has 78 heavy (non-hydrogen) atoms. The van der Waals surface area contributed by atoms with E-state index < -0.39 is 49.5 Å². The molecule has 1 saturated heterocycles. The molecule has 1 fully saturated rings. The molecule has 1 heterocycles. The van der Waals surface area contributed by atoms with Crippen LogP contribution in [0.5, 0.6) is 0 Å². The number of ether oxygens (including phenoxy) is 2. The topological polar surface area (TPSA) is 149 Å². The van der Waals surface area contributed by atoms with Crippen LogP contribution < -0.4 is 5.32 Å². The van der Waals surface area contributed by atoms with E-state index in [2.05, 4.69) is 67.8 Å². The summed E-state index contributed by atoms with van der Waals surface area (Å²) in [6.07, 6.45) is 73.2. The highest BCUT2D eigenvalue weighted by Crippen LogP contribution is 2.23. The normalized spacial score (nSPS) is 19.0. The zero-order valence-corrected chi connectivity index (χ0v) is 50.9. The number of aliphatic hydroxyl groups is 5. The molecule has 0 saturated carbocycles. The first-order valence-electron chi connectivity index (χ1n) is 33.5. The fourth-order valence-corrected chi connectivity index (χ4v) is 10.5. The van der Waals surface area contributed by atoms with E-state index in [1.807, 2.05) is 6.08 Å². The summed E-state index contributed by atoms with van der Waals surface area (Å²) in [6.45, 7) is 3.79.